The van der Waals surface area contributed by atoms with Gasteiger partial charge in [0.2, 0.25) is 0 Å². The number of nitrogens with zero attached hydrogens (tertiary/aromatic N) is 1. The van der Waals surface area contributed by atoms with Crippen molar-refractivity contribution in [1.29, 1.82) is 0 Å². The van der Waals surface area contributed by atoms with Gasteiger partial charge in [-0.3, -0.25) is 0 Å². The Balaban J connectivity index is 1.76. The Labute approximate surface area is 112 Å². The second-order valence-electron chi connectivity index (χ2n) is 5.17. The number of hydrogen-bond acceptors (Lipinski definition) is 4. The fourth-order valence-electron chi connectivity index (χ4n) is 2.57. The summed E-state index contributed by atoms with van der Waals surface area (Å²) in [5, 5.41) is 9.26. The number of aryl methyl sites for hydroxylation is 1. The molecule has 100 valence electrons. The van der Waals surface area contributed by atoms with Crippen LogP contribution < -0.4 is 5.73 Å². The van der Waals surface area contributed by atoms with E-state index >= 15 is 0 Å². The highest BCUT2D eigenvalue weighted by Gasteiger charge is 2.23. The number of phenolic OH excluding ortho intramolecular Hbond substituents is 1. The Hall–Kier alpha value is -1.81. The molecular formula is C15H18N2O2. The van der Waals surface area contributed by atoms with Gasteiger partial charge in [0.15, 0.2) is 5.89 Å². The van der Waals surface area contributed by atoms with E-state index in [0.717, 1.165) is 48.7 Å². The Morgan fingerprint density at radius 3 is 2.84 bits per heavy atom. The van der Waals surface area contributed by atoms with Crippen LogP contribution in [0.1, 0.15) is 29.3 Å². The van der Waals surface area contributed by atoms with E-state index < -0.39 is 0 Å². The highest BCUT2D eigenvalue weighted by atomic mass is 16.4. The van der Waals surface area contributed by atoms with Crippen molar-refractivity contribution in [2.24, 2.45) is 11.7 Å². The van der Waals surface area contributed by atoms with E-state index in [1.165, 1.54) is 0 Å². The van der Waals surface area contributed by atoms with Crippen molar-refractivity contribution in [2.75, 3.05) is 6.54 Å². The summed E-state index contributed by atoms with van der Waals surface area (Å²) in [6.07, 6.45) is 3.64. The third-order valence-electron chi connectivity index (χ3n) is 3.71. The maximum atomic E-state index is 9.26. The molecule has 3 rings (SSSR count). The van der Waals surface area contributed by atoms with Crippen LogP contribution in [0.3, 0.4) is 0 Å². The lowest BCUT2D eigenvalue weighted by atomic mass is 9.90. The lowest BCUT2D eigenvalue weighted by molar-refractivity contribution is 0.399. The van der Waals surface area contributed by atoms with E-state index in [-0.39, 0.29) is 5.75 Å². The van der Waals surface area contributed by atoms with Crippen LogP contribution in [-0.4, -0.2) is 16.6 Å². The molecule has 1 heterocycles. The van der Waals surface area contributed by atoms with Crippen LogP contribution >= 0.6 is 0 Å². The number of hydrogen-bond donors (Lipinski definition) is 2. The molecule has 0 amide bonds. The van der Waals surface area contributed by atoms with Crippen LogP contribution in [0.5, 0.6) is 5.75 Å². The fourth-order valence-corrected chi connectivity index (χ4v) is 2.57. The second kappa shape index (κ2) is 5.05. The van der Waals surface area contributed by atoms with E-state index in [9.17, 15) is 5.11 Å². The molecule has 3 N–H and O–H groups in total. The molecule has 1 aliphatic rings. The SMILES string of the molecule is NCC1CCc2oc(Cc3ccc(O)cc3)nc2C1. The average Bonchev–Trinajstić information content (AvgIpc) is 2.82. The van der Waals surface area contributed by atoms with Crippen molar-refractivity contribution in [2.45, 2.75) is 25.7 Å². The molecule has 0 saturated carbocycles. The molecule has 0 spiro atoms. The van der Waals surface area contributed by atoms with Gasteiger partial charge >= 0.3 is 0 Å². The molecule has 0 radical (unpaired) electrons. The zero-order chi connectivity index (χ0) is 13.2. The number of oxazole rings is 1. The van der Waals surface area contributed by atoms with Gasteiger partial charge in [0.1, 0.15) is 11.5 Å². The van der Waals surface area contributed by atoms with E-state index in [2.05, 4.69) is 4.98 Å². The first-order chi connectivity index (χ1) is 9.24. The third-order valence-corrected chi connectivity index (χ3v) is 3.71. The quantitative estimate of drug-likeness (QED) is 0.883. The molecule has 0 aliphatic heterocycles. The van der Waals surface area contributed by atoms with E-state index in [4.69, 9.17) is 10.2 Å². The van der Waals surface area contributed by atoms with Gasteiger partial charge in [-0.1, -0.05) is 12.1 Å². The van der Waals surface area contributed by atoms with Crippen LogP contribution in [0.15, 0.2) is 28.7 Å². The highest BCUT2D eigenvalue weighted by molar-refractivity contribution is 5.28. The summed E-state index contributed by atoms with van der Waals surface area (Å²) in [6.45, 7) is 0.722. The van der Waals surface area contributed by atoms with Gasteiger partial charge in [0, 0.05) is 12.8 Å². The van der Waals surface area contributed by atoms with Crippen LogP contribution in [0.25, 0.3) is 0 Å². The number of phenols is 1. The van der Waals surface area contributed by atoms with Crippen LogP contribution in [0.4, 0.5) is 0 Å². The summed E-state index contributed by atoms with van der Waals surface area (Å²) in [5.74, 6) is 2.60. The van der Waals surface area contributed by atoms with E-state index in [0.29, 0.717) is 12.3 Å². The molecule has 4 nitrogen and oxygen atoms in total. The predicted molar refractivity (Wildman–Crippen MR) is 72.0 cm³/mol. The molecule has 0 fully saturated rings. The van der Waals surface area contributed by atoms with E-state index in [1.807, 2.05) is 12.1 Å². The summed E-state index contributed by atoms with van der Waals surface area (Å²) in [5.41, 5.74) is 7.89. The molecule has 1 unspecified atom stereocenters. The Morgan fingerprint density at radius 1 is 1.32 bits per heavy atom. The number of rotatable bonds is 3. The van der Waals surface area contributed by atoms with Gasteiger partial charge in [-0.05, 0) is 43.0 Å². The van der Waals surface area contributed by atoms with Gasteiger partial charge in [0.25, 0.3) is 0 Å². The van der Waals surface area contributed by atoms with Crippen molar-refractivity contribution in [3.8, 4) is 5.75 Å². The standard InChI is InChI=1S/C15H18N2O2/c16-9-11-3-6-14-13(7-11)17-15(19-14)8-10-1-4-12(18)5-2-10/h1-2,4-5,11,18H,3,6-9,16H2. The number of nitrogens with two attached hydrogens (primary N) is 1. The molecule has 0 bridgehead atoms. The summed E-state index contributed by atoms with van der Waals surface area (Å²) < 4.78 is 5.82. The molecule has 4 heteroatoms. The molecule has 1 aliphatic carbocycles. The number of fused-ring (bicyclic) bond motifs is 1. The number of aromatic hydroxyl groups is 1. The Bertz CT molecular complexity index is 560. The predicted octanol–water partition coefficient (Wildman–Crippen LogP) is 2.03. The maximum Gasteiger partial charge on any atom is 0.199 e. The fraction of sp³-hybridized carbons (Fsp3) is 0.400. The normalized spacial score (nSPS) is 18.3. The maximum absolute atomic E-state index is 9.26. The monoisotopic (exact) mass is 258 g/mol. The van der Waals surface area contributed by atoms with E-state index in [1.54, 1.807) is 12.1 Å². The van der Waals surface area contributed by atoms with Gasteiger partial charge < -0.3 is 15.3 Å². The topological polar surface area (TPSA) is 72.3 Å². The first kappa shape index (κ1) is 12.2. The van der Waals surface area contributed by atoms with Crippen molar-refractivity contribution >= 4 is 0 Å². The minimum Gasteiger partial charge on any atom is -0.508 e. The van der Waals surface area contributed by atoms with Gasteiger partial charge in [-0.15, -0.1) is 0 Å². The van der Waals surface area contributed by atoms with Gasteiger partial charge in [-0.25, -0.2) is 4.98 Å². The minimum absolute atomic E-state index is 0.279. The molecule has 19 heavy (non-hydrogen) atoms. The molecule has 0 saturated heterocycles. The van der Waals surface area contributed by atoms with Crippen LogP contribution in [-0.2, 0) is 19.3 Å². The average molecular weight is 258 g/mol. The largest absolute Gasteiger partial charge is 0.508 e. The second-order valence-corrected chi connectivity index (χ2v) is 5.17. The molecule has 1 aromatic heterocycles. The first-order valence-electron chi connectivity index (χ1n) is 6.70. The van der Waals surface area contributed by atoms with Crippen molar-refractivity contribution in [3.05, 3.63) is 47.2 Å². The van der Waals surface area contributed by atoms with Gasteiger partial charge in [0.05, 0.1) is 5.69 Å². The summed E-state index contributed by atoms with van der Waals surface area (Å²) in [7, 11) is 0. The Kier molecular flexibility index (Phi) is 3.25. The highest BCUT2D eigenvalue weighted by Crippen LogP contribution is 2.26. The molecular weight excluding hydrogens is 240 g/mol. The summed E-state index contributed by atoms with van der Waals surface area (Å²) in [4.78, 5) is 4.58. The lowest BCUT2D eigenvalue weighted by Gasteiger charge is -2.17. The number of benzene rings is 1. The smallest absolute Gasteiger partial charge is 0.199 e. The van der Waals surface area contributed by atoms with Crippen molar-refractivity contribution in [3.63, 3.8) is 0 Å². The zero-order valence-electron chi connectivity index (χ0n) is 10.8. The first-order valence-corrected chi connectivity index (χ1v) is 6.70. The summed E-state index contributed by atoms with van der Waals surface area (Å²) >= 11 is 0. The van der Waals surface area contributed by atoms with Crippen LogP contribution in [0, 0.1) is 5.92 Å². The summed E-state index contributed by atoms with van der Waals surface area (Å²) in [6, 6.07) is 7.15. The molecule has 1 aromatic carbocycles. The van der Waals surface area contributed by atoms with Gasteiger partial charge in [-0.2, -0.15) is 0 Å². The molecule has 2 aromatic rings. The zero-order valence-corrected chi connectivity index (χ0v) is 10.8. The number of aromatic nitrogens is 1. The Morgan fingerprint density at radius 2 is 2.11 bits per heavy atom. The third kappa shape index (κ3) is 2.63. The van der Waals surface area contributed by atoms with Crippen molar-refractivity contribution in [1.82, 2.24) is 4.98 Å². The molecule has 1 atom stereocenters. The van der Waals surface area contributed by atoms with Crippen molar-refractivity contribution < 1.29 is 9.52 Å². The van der Waals surface area contributed by atoms with Crippen LogP contribution in [0.2, 0.25) is 0 Å². The lowest BCUT2D eigenvalue weighted by Crippen LogP contribution is -2.21. The minimum atomic E-state index is 0.279.